The predicted molar refractivity (Wildman–Crippen MR) is 40.5 cm³/mol. The van der Waals surface area contributed by atoms with Gasteiger partial charge in [0.25, 0.3) is 0 Å². The van der Waals surface area contributed by atoms with E-state index in [4.69, 9.17) is 5.73 Å². The van der Waals surface area contributed by atoms with Gasteiger partial charge in [-0.15, -0.1) is 0 Å². The van der Waals surface area contributed by atoms with Crippen molar-refractivity contribution in [3.63, 3.8) is 0 Å². The maximum atomic E-state index is 10.9. The van der Waals surface area contributed by atoms with E-state index in [1.807, 2.05) is 0 Å². The summed E-state index contributed by atoms with van der Waals surface area (Å²) in [7, 11) is 0. The standard InChI is InChI=1S/C9H13NO/c10-9(11)8-6-4-1-2-5(3-4)7(6)8/h4-8H,1-3H2,(H2,10,11)/t4-,5+,6+,7-,8?. The topological polar surface area (TPSA) is 43.1 Å². The van der Waals surface area contributed by atoms with Gasteiger partial charge >= 0.3 is 0 Å². The van der Waals surface area contributed by atoms with Crippen molar-refractivity contribution in [3.05, 3.63) is 0 Å². The van der Waals surface area contributed by atoms with E-state index in [1.54, 1.807) is 0 Å². The number of nitrogens with two attached hydrogens (primary N) is 1. The molecule has 0 aliphatic heterocycles. The number of carbonyl (C=O) groups is 1. The summed E-state index contributed by atoms with van der Waals surface area (Å²) in [5.41, 5.74) is 5.30. The summed E-state index contributed by atoms with van der Waals surface area (Å²) in [5, 5.41) is 0. The Morgan fingerprint density at radius 1 is 1.18 bits per heavy atom. The number of rotatable bonds is 1. The molecule has 0 heterocycles. The van der Waals surface area contributed by atoms with Crippen molar-refractivity contribution in [3.8, 4) is 0 Å². The molecule has 0 aromatic heterocycles. The maximum absolute atomic E-state index is 10.9. The van der Waals surface area contributed by atoms with Gasteiger partial charge in [0, 0.05) is 5.92 Å². The van der Waals surface area contributed by atoms with Gasteiger partial charge in [-0.25, -0.2) is 0 Å². The van der Waals surface area contributed by atoms with E-state index in [2.05, 4.69) is 0 Å². The highest BCUT2D eigenvalue weighted by Gasteiger charge is 2.66. The molecule has 5 atom stereocenters. The molecule has 11 heavy (non-hydrogen) atoms. The van der Waals surface area contributed by atoms with Crippen LogP contribution in [0.25, 0.3) is 0 Å². The summed E-state index contributed by atoms with van der Waals surface area (Å²) in [5.74, 6) is 3.47. The molecule has 3 aliphatic rings. The van der Waals surface area contributed by atoms with Crippen molar-refractivity contribution in [1.82, 2.24) is 0 Å². The Kier molecular flexibility index (Phi) is 0.890. The third kappa shape index (κ3) is 0.569. The highest BCUT2D eigenvalue weighted by atomic mass is 16.1. The van der Waals surface area contributed by atoms with Gasteiger partial charge in [-0.05, 0) is 42.9 Å². The fourth-order valence-electron chi connectivity index (χ4n) is 3.71. The van der Waals surface area contributed by atoms with E-state index in [1.165, 1.54) is 19.3 Å². The Morgan fingerprint density at radius 3 is 2.18 bits per heavy atom. The minimum absolute atomic E-state index is 0.0309. The fraction of sp³-hybridized carbons (Fsp3) is 0.889. The van der Waals surface area contributed by atoms with E-state index in [0.29, 0.717) is 5.92 Å². The molecule has 2 N–H and O–H groups in total. The molecule has 3 fully saturated rings. The lowest BCUT2D eigenvalue weighted by Crippen LogP contribution is -2.18. The van der Waals surface area contributed by atoms with E-state index in [-0.39, 0.29) is 5.91 Å². The number of carbonyl (C=O) groups excluding carboxylic acids is 1. The zero-order valence-corrected chi connectivity index (χ0v) is 6.49. The van der Waals surface area contributed by atoms with Gasteiger partial charge < -0.3 is 5.73 Å². The zero-order chi connectivity index (χ0) is 7.59. The monoisotopic (exact) mass is 151 g/mol. The van der Waals surface area contributed by atoms with E-state index in [0.717, 1.165) is 23.7 Å². The number of primary amides is 1. The number of fused-ring (bicyclic) bond motifs is 5. The molecule has 3 saturated carbocycles. The Bertz CT molecular complexity index is 210. The molecule has 60 valence electrons. The first-order valence-corrected chi connectivity index (χ1v) is 4.58. The minimum Gasteiger partial charge on any atom is -0.369 e. The molecule has 3 rings (SSSR count). The van der Waals surface area contributed by atoms with Crippen LogP contribution in [-0.2, 0) is 4.79 Å². The molecule has 2 bridgehead atoms. The molecule has 3 aliphatic carbocycles. The van der Waals surface area contributed by atoms with Crippen LogP contribution in [0.3, 0.4) is 0 Å². The van der Waals surface area contributed by atoms with Crippen molar-refractivity contribution >= 4 is 5.91 Å². The first-order valence-electron chi connectivity index (χ1n) is 4.58. The Labute approximate surface area is 66.1 Å². The zero-order valence-electron chi connectivity index (χ0n) is 6.49. The van der Waals surface area contributed by atoms with Gasteiger partial charge in [-0.3, -0.25) is 4.79 Å². The SMILES string of the molecule is NC(=O)C1[C@@H]2[C@H]3CC[C@H](C3)[C@H]12. The summed E-state index contributed by atoms with van der Waals surface area (Å²) < 4.78 is 0. The lowest BCUT2D eigenvalue weighted by atomic mass is 10.0. The molecule has 0 spiro atoms. The molecule has 0 aromatic carbocycles. The molecule has 2 heteroatoms. The minimum atomic E-state index is -0.0309. The second-order valence-electron chi connectivity index (χ2n) is 4.42. The molecule has 0 aromatic rings. The normalized spacial score (nSPS) is 57.6. The molecule has 1 amide bonds. The average Bonchev–Trinajstić information content (AvgIpc) is 2.44. The quantitative estimate of drug-likeness (QED) is 0.590. The third-order valence-corrected chi connectivity index (χ3v) is 4.06. The molecular formula is C9H13NO. The third-order valence-electron chi connectivity index (χ3n) is 4.06. The molecular weight excluding hydrogens is 138 g/mol. The van der Waals surface area contributed by atoms with Crippen LogP contribution in [0.4, 0.5) is 0 Å². The summed E-state index contributed by atoms with van der Waals surface area (Å²) in [6, 6.07) is 0. The largest absolute Gasteiger partial charge is 0.369 e. The van der Waals surface area contributed by atoms with Gasteiger partial charge in [0.05, 0.1) is 0 Å². The smallest absolute Gasteiger partial charge is 0.221 e. The van der Waals surface area contributed by atoms with Gasteiger partial charge in [0.1, 0.15) is 0 Å². The lowest BCUT2D eigenvalue weighted by Gasteiger charge is -2.04. The van der Waals surface area contributed by atoms with Crippen LogP contribution in [0.15, 0.2) is 0 Å². The fourth-order valence-corrected chi connectivity index (χ4v) is 3.71. The Balaban J connectivity index is 1.86. The predicted octanol–water partition coefficient (Wildman–Crippen LogP) is 0.764. The van der Waals surface area contributed by atoms with E-state index in [9.17, 15) is 4.79 Å². The van der Waals surface area contributed by atoms with Crippen LogP contribution in [0, 0.1) is 29.6 Å². The van der Waals surface area contributed by atoms with Crippen LogP contribution >= 0.6 is 0 Å². The number of hydrogen-bond donors (Lipinski definition) is 1. The van der Waals surface area contributed by atoms with Crippen LogP contribution in [0.2, 0.25) is 0 Å². The summed E-state index contributed by atoms with van der Waals surface area (Å²) in [4.78, 5) is 10.9. The summed E-state index contributed by atoms with van der Waals surface area (Å²) in [6.45, 7) is 0. The average molecular weight is 151 g/mol. The molecule has 2 nitrogen and oxygen atoms in total. The highest BCUT2D eigenvalue weighted by Crippen LogP contribution is 2.69. The van der Waals surface area contributed by atoms with E-state index >= 15 is 0 Å². The molecule has 0 saturated heterocycles. The first-order chi connectivity index (χ1) is 5.29. The second-order valence-corrected chi connectivity index (χ2v) is 4.42. The van der Waals surface area contributed by atoms with Gasteiger partial charge in [0.2, 0.25) is 5.91 Å². The van der Waals surface area contributed by atoms with E-state index < -0.39 is 0 Å². The maximum Gasteiger partial charge on any atom is 0.221 e. The molecule has 1 unspecified atom stereocenters. The van der Waals surface area contributed by atoms with Crippen molar-refractivity contribution in [2.75, 3.05) is 0 Å². The van der Waals surface area contributed by atoms with Gasteiger partial charge in [0.15, 0.2) is 0 Å². The van der Waals surface area contributed by atoms with Crippen LogP contribution in [0.5, 0.6) is 0 Å². The van der Waals surface area contributed by atoms with Crippen LogP contribution in [0.1, 0.15) is 19.3 Å². The highest BCUT2D eigenvalue weighted by molar-refractivity contribution is 5.81. The Morgan fingerprint density at radius 2 is 1.73 bits per heavy atom. The van der Waals surface area contributed by atoms with Crippen molar-refractivity contribution in [2.45, 2.75) is 19.3 Å². The lowest BCUT2D eigenvalue weighted by molar-refractivity contribution is -0.120. The van der Waals surface area contributed by atoms with Gasteiger partial charge in [-0.2, -0.15) is 0 Å². The second kappa shape index (κ2) is 1.62. The van der Waals surface area contributed by atoms with Crippen molar-refractivity contribution < 1.29 is 4.79 Å². The van der Waals surface area contributed by atoms with Crippen LogP contribution < -0.4 is 5.73 Å². The number of amides is 1. The van der Waals surface area contributed by atoms with Gasteiger partial charge in [-0.1, -0.05) is 0 Å². The van der Waals surface area contributed by atoms with Crippen LogP contribution in [-0.4, -0.2) is 5.91 Å². The molecule has 0 radical (unpaired) electrons. The summed E-state index contributed by atoms with van der Waals surface area (Å²) >= 11 is 0. The Hall–Kier alpha value is -0.530. The van der Waals surface area contributed by atoms with Crippen molar-refractivity contribution in [1.29, 1.82) is 0 Å². The van der Waals surface area contributed by atoms with Crippen molar-refractivity contribution in [2.24, 2.45) is 35.3 Å². The summed E-state index contributed by atoms with van der Waals surface area (Å²) in [6.07, 6.45) is 4.14. The number of hydrogen-bond acceptors (Lipinski definition) is 1. The first kappa shape index (κ1) is 6.04.